The fourth-order valence-corrected chi connectivity index (χ4v) is 3.65. The Hall–Kier alpha value is -3.91. The van der Waals surface area contributed by atoms with E-state index in [4.69, 9.17) is 13.7 Å². The van der Waals surface area contributed by atoms with Crippen LogP contribution in [0.5, 0.6) is 0 Å². The minimum absolute atomic E-state index is 0.0376. The summed E-state index contributed by atoms with van der Waals surface area (Å²) in [5.41, 5.74) is 3.35. The van der Waals surface area contributed by atoms with E-state index in [9.17, 15) is 9.59 Å². The number of furan rings is 1. The van der Waals surface area contributed by atoms with Crippen molar-refractivity contribution in [1.29, 1.82) is 0 Å². The van der Waals surface area contributed by atoms with Crippen LogP contribution in [0.2, 0.25) is 0 Å². The van der Waals surface area contributed by atoms with Gasteiger partial charge >= 0.3 is 0 Å². The first kappa shape index (κ1) is 20.0. The maximum absolute atomic E-state index is 13.1. The highest BCUT2D eigenvalue weighted by Crippen LogP contribution is 2.32. The summed E-state index contributed by atoms with van der Waals surface area (Å²) in [7, 11) is 0. The number of fused-ring (bicyclic) bond motifs is 1. The molecule has 4 aromatic rings. The summed E-state index contributed by atoms with van der Waals surface area (Å²) in [4.78, 5) is 27.7. The molecule has 1 aliphatic heterocycles. The molecule has 0 aliphatic carbocycles. The molecule has 2 amide bonds. The fraction of sp³-hybridized carbons (Fsp3) is 0.208. The van der Waals surface area contributed by atoms with Crippen LogP contribution in [0.15, 0.2) is 63.5 Å². The van der Waals surface area contributed by atoms with Crippen molar-refractivity contribution in [2.75, 3.05) is 31.6 Å². The Morgan fingerprint density at radius 3 is 2.56 bits per heavy atom. The Labute approximate surface area is 183 Å². The summed E-state index contributed by atoms with van der Waals surface area (Å²) in [6.45, 7) is 3.86. The van der Waals surface area contributed by atoms with E-state index in [1.54, 1.807) is 23.1 Å². The lowest BCUT2D eigenvalue weighted by Gasteiger charge is -2.26. The zero-order chi connectivity index (χ0) is 22.1. The van der Waals surface area contributed by atoms with Crippen LogP contribution in [0.1, 0.15) is 26.7 Å². The van der Waals surface area contributed by atoms with E-state index in [1.807, 2.05) is 43.3 Å². The Bertz CT molecular complexity index is 1280. The molecule has 0 atom stereocenters. The van der Waals surface area contributed by atoms with Gasteiger partial charge in [-0.05, 0) is 19.1 Å². The Morgan fingerprint density at radius 2 is 1.78 bits per heavy atom. The molecule has 162 valence electrons. The van der Waals surface area contributed by atoms with Crippen molar-refractivity contribution < 1.29 is 23.3 Å². The lowest BCUT2D eigenvalue weighted by Crippen LogP contribution is -2.40. The number of carbonyl (C=O) groups excluding carboxylic acids is 2. The second-order valence-electron chi connectivity index (χ2n) is 7.60. The first-order valence-electron chi connectivity index (χ1n) is 10.3. The van der Waals surface area contributed by atoms with E-state index in [0.29, 0.717) is 48.7 Å². The average Bonchev–Trinajstić information content (AvgIpc) is 3.46. The van der Waals surface area contributed by atoms with Gasteiger partial charge < -0.3 is 23.9 Å². The number of hydrogen-bond donors (Lipinski definition) is 1. The van der Waals surface area contributed by atoms with Gasteiger partial charge in [0.05, 0.1) is 13.2 Å². The van der Waals surface area contributed by atoms with Gasteiger partial charge in [-0.25, -0.2) is 0 Å². The van der Waals surface area contributed by atoms with Crippen molar-refractivity contribution in [3.63, 3.8) is 0 Å². The molecular formula is C24H21N3O5. The number of benzene rings is 2. The molecule has 0 radical (unpaired) electrons. The topological polar surface area (TPSA) is 97.8 Å². The maximum atomic E-state index is 13.1. The molecule has 1 aliphatic rings. The minimum Gasteiger partial charge on any atom is -0.449 e. The molecule has 3 heterocycles. The van der Waals surface area contributed by atoms with Gasteiger partial charge in [0.25, 0.3) is 11.8 Å². The zero-order valence-corrected chi connectivity index (χ0v) is 17.5. The second kappa shape index (κ2) is 8.32. The van der Waals surface area contributed by atoms with Crippen molar-refractivity contribution in [1.82, 2.24) is 10.1 Å². The van der Waals surface area contributed by atoms with Gasteiger partial charge in [0, 0.05) is 30.1 Å². The predicted octanol–water partition coefficient (Wildman–Crippen LogP) is 4.12. The first-order chi connectivity index (χ1) is 15.6. The smallest absolute Gasteiger partial charge is 0.294 e. The number of aryl methyl sites for hydroxylation is 1. The zero-order valence-electron chi connectivity index (χ0n) is 17.5. The van der Waals surface area contributed by atoms with Crippen LogP contribution in [-0.2, 0) is 4.74 Å². The van der Waals surface area contributed by atoms with Crippen molar-refractivity contribution in [3.05, 3.63) is 71.7 Å². The summed E-state index contributed by atoms with van der Waals surface area (Å²) in [5.74, 6) is -0.688. The Kier molecular flexibility index (Phi) is 5.20. The molecule has 2 aromatic carbocycles. The van der Waals surface area contributed by atoms with Gasteiger partial charge in [-0.1, -0.05) is 47.1 Å². The summed E-state index contributed by atoms with van der Waals surface area (Å²) in [6, 6.07) is 16.5. The maximum Gasteiger partial charge on any atom is 0.294 e. The van der Waals surface area contributed by atoms with E-state index in [2.05, 4.69) is 10.5 Å². The first-order valence-corrected chi connectivity index (χ1v) is 10.3. The van der Waals surface area contributed by atoms with E-state index in [1.165, 1.54) is 0 Å². The summed E-state index contributed by atoms with van der Waals surface area (Å²) in [5, 5.41) is 7.44. The van der Waals surface area contributed by atoms with Gasteiger partial charge in [-0.15, -0.1) is 0 Å². The number of ether oxygens (including phenoxy) is 1. The molecule has 2 aromatic heterocycles. The molecule has 8 nitrogen and oxygen atoms in total. The molecule has 8 heteroatoms. The summed E-state index contributed by atoms with van der Waals surface area (Å²) >= 11 is 0. The number of amides is 2. The van der Waals surface area contributed by atoms with E-state index < -0.39 is 5.91 Å². The Balaban J connectivity index is 1.45. The molecule has 0 unspecified atom stereocenters. The predicted molar refractivity (Wildman–Crippen MR) is 118 cm³/mol. The van der Waals surface area contributed by atoms with Crippen LogP contribution in [-0.4, -0.2) is 48.2 Å². The number of anilines is 1. The number of rotatable bonds is 4. The third-order valence-corrected chi connectivity index (χ3v) is 5.41. The largest absolute Gasteiger partial charge is 0.449 e. The molecule has 5 rings (SSSR count). The van der Waals surface area contributed by atoms with Crippen LogP contribution in [0, 0.1) is 6.92 Å². The standard InChI is InChI=1S/C24H21N3O5/c1-15-6-8-16(9-7-15)18-14-20(32-26-18)23(28)25-21-17-4-2-3-5-19(17)31-22(21)24(29)27-10-12-30-13-11-27/h2-9,14H,10-13H2,1H3,(H,25,28). The monoisotopic (exact) mass is 431 g/mol. The van der Waals surface area contributed by atoms with Crippen molar-refractivity contribution >= 4 is 28.5 Å². The number of morpholine rings is 1. The highest BCUT2D eigenvalue weighted by molar-refractivity contribution is 6.13. The van der Waals surface area contributed by atoms with Gasteiger partial charge in [0.2, 0.25) is 11.5 Å². The average molecular weight is 431 g/mol. The number of hydrogen-bond acceptors (Lipinski definition) is 6. The van der Waals surface area contributed by atoms with Crippen LogP contribution in [0.4, 0.5) is 5.69 Å². The normalized spacial score (nSPS) is 14.0. The van der Waals surface area contributed by atoms with Crippen molar-refractivity contribution in [2.24, 2.45) is 0 Å². The number of nitrogens with one attached hydrogen (secondary N) is 1. The fourth-order valence-electron chi connectivity index (χ4n) is 3.65. The van der Waals surface area contributed by atoms with Gasteiger partial charge in [-0.2, -0.15) is 0 Å². The van der Waals surface area contributed by atoms with Gasteiger partial charge in [-0.3, -0.25) is 9.59 Å². The lowest BCUT2D eigenvalue weighted by molar-refractivity contribution is 0.0285. The number of carbonyl (C=O) groups is 2. The second-order valence-corrected chi connectivity index (χ2v) is 7.60. The molecule has 0 saturated carbocycles. The molecule has 32 heavy (non-hydrogen) atoms. The Morgan fingerprint density at radius 1 is 1.03 bits per heavy atom. The third-order valence-electron chi connectivity index (χ3n) is 5.41. The van der Waals surface area contributed by atoms with Gasteiger partial charge in [0.15, 0.2) is 0 Å². The van der Waals surface area contributed by atoms with Crippen LogP contribution < -0.4 is 5.32 Å². The minimum atomic E-state index is -0.515. The molecule has 0 bridgehead atoms. The molecule has 1 saturated heterocycles. The van der Waals surface area contributed by atoms with Crippen LogP contribution >= 0.6 is 0 Å². The molecule has 1 fully saturated rings. The number of aromatic nitrogens is 1. The number of para-hydroxylation sites is 1. The highest BCUT2D eigenvalue weighted by Gasteiger charge is 2.28. The van der Waals surface area contributed by atoms with Crippen LogP contribution in [0.25, 0.3) is 22.2 Å². The van der Waals surface area contributed by atoms with Crippen molar-refractivity contribution in [2.45, 2.75) is 6.92 Å². The van der Waals surface area contributed by atoms with Crippen molar-refractivity contribution in [3.8, 4) is 11.3 Å². The molecule has 0 spiro atoms. The van der Waals surface area contributed by atoms with E-state index in [0.717, 1.165) is 11.1 Å². The van der Waals surface area contributed by atoms with E-state index in [-0.39, 0.29) is 17.4 Å². The molecule has 1 N–H and O–H groups in total. The van der Waals surface area contributed by atoms with Gasteiger partial charge in [0.1, 0.15) is 17.0 Å². The highest BCUT2D eigenvalue weighted by atomic mass is 16.5. The third kappa shape index (κ3) is 3.76. The number of nitrogens with zero attached hydrogens (tertiary/aromatic N) is 2. The molecular weight excluding hydrogens is 410 g/mol. The SMILES string of the molecule is Cc1ccc(-c2cc(C(=O)Nc3c(C(=O)N4CCOCC4)oc4ccccc34)on2)cc1. The summed E-state index contributed by atoms with van der Waals surface area (Å²) in [6.07, 6.45) is 0. The quantitative estimate of drug-likeness (QED) is 0.522. The summed E-state index contributed by atoms with van der Waals surface area (Å²) < 4.78 is 16.5. The van der Waals surface area contributed by atoms with Crippen LogP contribution in [0.3, 0.4) is 0 Å². The van der Waals surface area contributed by atoms with E-state index >= 15 is 0 Å². The lowest BCUT2D eigenvalue weighted by atomic mass is 10.1.